The van der Waals surface area contributed by atoms with Gasteiger partial charge in [0.15, 0.2) is 0 Å². The van der Waals surface area contributed by atoms with E-state index in [1.807, 2.05) is 20.8 Å². The number of rotatable bonds is 2. The summed E-state index contributed by atoms with van der Waals surface area (Å²) in [7, 11) is 0. The maximum atomic E-state index is 13.3. The summed E-state index contributed by atoms with van der Waals surface area (Å²) in [5, 5.41) is 3.03. The summed E-state index contributed by atoms with van der Waals surface area (Å²) < 4.78 is 18.6. The molecule has 7 heteroatoms. The predicted molar refractivity (Wildman–Crippen MR) is 83.6 cm³/mol. The third-order valence-electron chi connectivity index (χ3n) is 4.46. The summed E-state index contributed by atoms with van der Waals surface area (Å²) in [5.41, 5.74) is -0.498. The van der Waals surface area contributed by atoms with Gasteiger partial charge >= 0.3 is 6.09 Å². The van der Waals surface area contributed by atoms with Gasteiger partial charge in [0.25, 0.3) is 0 Å². The summed E-state index contributed by atoms with van der Waals surface area (Å²) in [5.74, 6) is 0.764. The number of hydrogen-bond acceptors (Lipinski definition) is 5. The number of nitrogens with zero attached hydrogens (tertiary/aromatic N) is 3. The lowest BCUT2D eigenvalue weighted by molar-refractivity contribution is 0.0472. The van der Waals surface area contributed by atoms with E-state index in [1.165, 1.54) is 12.4 Å². The molecule has 2 aliphatic rings. The van der Waals surface area contributed by atoms with Gasteiger partial charge in [-0.1, -0.05) is 0 Å². The summed E-state index contributed by atoms with van der Waals surface area (Å²) in [4.78, 5) is 21.8. The fourth-order valence-electron chi connectivity index (χ4n) is 3.59. The number of carbonyl (C=O) groups excluding carboxylic acids is 1. The van der Waals surface area contributed by atoms with Gasteiger partial charge in [0.05, 0.1) is 0 Å². The molecule has 3 rings (SSSR count). The number of nitrogens with one attached hydrogen (secondary N) is 1. The first-order valence-electron chi connectivity index (χ1n) is 8.04. The Kier molecular flexibility index (Phi) is 4.12. The number of carbonyl (C=O) groups is 1. The molecule has 23 heavy (non-hydrogen) atoms. The quantitative estimate of drug-likeness (QED) is 0.847. The van der Waals surface area contributed by atoms with Crippen LogP contribution in [0, 0.1) is 17.8 Å². The smallest absolute Gasteiger partial charge is 0.407 e. The minimum absolute atomic E-state index is 0.118. The topological polar surface area (TPSA) is 67.3 Å². The number of halogens is 1. The van der Waals surface area contributed by atoms with Crippen LogP contribution in [0.1, 0.15) is 33.6 Å². The van der Waals surface area contributed by atoms with Crippen molar-refractivity contribution >= 4 is 11.9 Å². The summed E-state index contributed by atoms with van der Waals surface area (Å²) >= 11 is 0. The Morgan fingerprint density at radius 1 is 1.30 bits per heavy atom. The van der Waals surface area contributed by atoms with Crippen LogP contribution in [0.2, 0.25) is 0 Å². The van der Waals surface area contributed by atoms with Gasteiger partial charge in [0.1, 0.15) is 17.7 Å². The molecule has 1 saturated heterocycles. The van der Waals surface area contributed by atoms with Gasteiger partial charge in [-0.05, 0) is 45.4 Å². The second-order valence-electron chi connectivity index (χ2n) is 7.37. The Balaban J connectivity index is 1.64. The van der Waals surface area contributed by atoms with Gasteiger partial charge in [-0.2, -0.15) is 4.39 Å². The Morgan fingerprint density at radius 2 is 1.96 bits per heavy atom. The molecule has 1 aromatic rings. The number of fused-ring (bicyclic) bond motifs is 2. The molecule has 2 heterocycles. The van der Waals surface area contributed by atoms with E-state index in [4.69, 9.17) is 4.74 Å². The van der Waals surface area contributed by atoms with Crippen LogP contribution < -0.4 is 10.2 Å². The molecule has 2 fully saturated rings. The molecule has 126 valence electrons. The van der Waals surface area contributed by atoms with Crippen LogP contribution in [0.25, 0.3) is 0 Å². The van der Waals surface area contributed by atoms with E-state index < -0.39 is 11.5 Å². The first-order chi connectivity index (χ1) is 10.8. The first-order valence-corrected chi connectivity index (χ1v) is 8.04. The van der Waals surface area contributed by atoms with Crippen LogP contribution in [-0.2, 0) is 4.74 Å². The van der Waals surface area contributed by atoms with Gasteiger partial charge < -0.3 is 15.0 Å². The normalized spacial score (nSPS) is 27.0. The van der Waals surface area contributed by atoms with Gasteiger partial charge in [0.2, 0.25) is 5.95 Å². The van der Waals surface area contributed by atoms with Crippen molar-refractivity contribution in [3.05, 3.63) is 18.3 Å². The fraction of sp³-hybridized carbons (Fsp3) is 0.688. The lowest BCUT2D eigenvalue weighted by Gasteiger charge is -2.39. The van der Waals surface area contributed by atoms with Gasteiger partial charge in [-0.15, -0.1) is 0 Å². The molecule has 1 unspecified atom stereocenters. The number of aromatic nitrogens is 2. The van der Waals surface area contributed by atoms with Gasteiger partial charge in [-0.25, -0.2) is 14.8 Å². The molecule has 6 nitrogen and oxygen atoms in total. The largest absolute Gasteiger partial charge is 0.444 e. The Morgan fingerprint density at radius 3 is 2.52 bits per heavy atom. The standard InChI is InChI=1S/C16H23FN4O2/c1-16(2,3)23-15(22)20-14-10-4-5-11(14)8-21(7-10)13-6-12(17)18-9-19-13/h6,9-11,14H,4-5,7-8H2,1-3H3,(H,20,22)/t10-,11+,14?. The van der Waals surface area contributed by atoms with Gasteiger partial charge in [0, 0.05) is 25.2 Å². The number of ether oxygens (including phenoxy) is 1. The van der Waals surface area contributed by atoms with E-state index in [2.05, 4.69) is 20.2 Å². The molecular weight excluding hydrogens is 299 g/mol. The predicted octanol–water partition coefficient (Wildman–Crippen LogP) is 2.36. The number of hydrogen-bond donors (Lipinski definition) is 1. The maximum absolute atomic E-state index is 13.3. The summed E-state index contributed by atoms with van der Waals surface area (Å²) in [6.45, 7) is 7.08. The van der Waals surface area contributed by atoms with Crippen molar-refractivity contribution in [2.45, 2.75) is 45.3 Å². The Hall–Kier alpha value is -1.92. The molecule has 3 atom stereocenters. The lowest BCUT2D eigenvalue weighted by Crippen LogP contribution is -2.53. The third kappa shape index (κ3) is 3.71. The van der Waals surface area contributed by atoms with Crippen LogP contribution in [0.5, 0.6) is 0 Å². The van der Waals surface area contributed by atoms with E-state index in [1.54, 1.807) is 0 Å². The second kappa shape index (κ2) is 5.94. The summed E-state index contributed by atoms with van der Waals surface area (Å²) in [6, 6.07) is 1.48. The zero-order valence-electron chi connectivity index (χ0n) is 13.8. The first kappa shape index (κ1) is 16.0. The molecule has 0 spiro atoms. The summed E-state index contributed by atoms with van der Waals surface area (Å²) in [6.07, 6.45) is 2.99. The van der Waals surface area contributed by atoms with Crippen LogP contribution >= 0.6 is 0 Å². The average molecular weight is 322 g/mol. The number of amides is 1. The molecule has 0 radical (unpaired) electrons. The number of piperidine rings is 1. The highest BCUT2D eigenvalue weighted by Crippen LogP contribution is 2.38. The minimum Gasteiger partial charge on any atom is -0.444 e. The average Bonchev–Trinajstić information content (AvgIpc) is 2.68. The van der Waals surface area contributed by atoms with E-state index in [9.17, 15) is 9.18 Å². The molecule has 1 amide bonds. The van der Waals surface area contributed by atoms with E-state index in [0.29, 0.717) is 17.7 Å². The highest BCUT2D eigenvalue weighted by Gasteiger charge is 2.43. The number of anilines is 1. The van der Waals surface area contributed by atoms with Crippen molar-refractivity contribution in [3.8, 4) is 0 Å². The zero-order valence-corrected chi connectivity index (χ0v) is 13.8. The lowest BCUT2D eigenvalue weighted by atomic mass is 9.92. The second-order valence-corrected chi connectivity index (χ2v) is 7.37. The monoisotopic (exact) mass is 322 g/mol. The van der Waals surface area contributed by atoms with Crippen LogP contribution in [0.4, 0.5) is 15.0 Å². The van der Waals surface area contributed by atoms with Crippen molar-refractivity contribution in [1.82, 2.24) is 15.3 Å². The van der Waals surface area contributed by atoms with Gasteiger partial charge in [-0.3, -0.25) is 0 Å². The molecule has 1 N–H and O–H groups in total. The van der Waals surface area contributed by atoms with E-state index >= 15 is 0 Å². The maximum Gasteiger partial charge on any atom is 0.407 e. The molecule has 0 aromatic carbocycles. The van der Waals surface area contributed by atoms with E-state index in [0.717, 1.165) is 25.9 Å². The SMILES string of the molecule is CC(C)(C)OC(=O)NC1[C@@H]2CC[C@H]1CN(c1cc(F)ncn1)C2. The molecule has 1 aliphatic heterocycles. The highest BCUT2D eigenvalue weighted by molar-refractivity contribution is 5.68. The van der Waals surface area contributed by atoms with Crippen LogP contribution in [-0.4, -0.2) is 40.8 Å². The van der Waals surface area contributed by atoms with Crippen molar-refractivity contribution in [2.24, 2.45) is 11.8 Å². The van der Waals surface area contributed by atoms with Crippen molar-refractivity contribution in [1.29, 1.82) is 0 Å². The molecule has 1 aliphatic carbocycles. The van der Waals surface area contributed by atoms with Crippen LogP contribution in [0.15, 0.2) is 12.4 Å². The Bertz CT molecular complexity index is 576. The molecule has 1 aromatic heterocycles. The molecular formula is C16H23FN4O2. The molecule has 1 saturated carbocycles. The highest BCUT2D eigenvalue weighted by atomic mass is 19.1. The van der Waals surface area contributed by atoms with Crippen LogP contribution in [0.3, 0.4) is 0 Å². The Labute approximate surface area is 135 Å². The minimum atomic E-state index is -0.517. The fourth-order valence-corrected chi connectivity index (χ4v) is 3.59. The van der Waals surface area contributed by atoms with E-state index in [-0.39, 0.29) is 12.1 Å². The third-order valence-corrected chi connectivity index (χ3v) is 4.46. The van der Waals surface area contributed by atoms with Crippen molar-refractivity contribution in [3.63, 3.8) is 0 Å². The van der Waals surface area contributed by atoms with Crippen molar-refractivity contribution < 1.29 is 13.9 Å². The van der Waals surface area contributed by atoms with Crippen molar-refractivity contribution in [2.75, 3.05) is 18.0 Å². The molecule has 2 bridgehead atoms. The zero-order chi connectivity index (χ0) is 16.6. The number of alkyl carbamates (subject to hydrolysis) is 1.